The molecule has 106 valence electrons. The van der Waals surface area contributed by atoms with E-state index in [0.717, 1.165) is 38.7 Å². The summed E-state index contributed by atoms with van der Waals surface area (Å²) in [6.45, 7) is 5.25. The lowest BCUT2D eigenvalue weighted by atomic mass is 10.1. The standard InChI is InChI=1S/C12H24N2O3S/c1-10-6-3-4-8-14(10)18(15,16)13-11(2)12-7-5-9-17-12/h10-13H,3-9H2,1-2H3/t10-,11+,12+/m1/s1. The molecule has 0 radical (unpaired) electrons. The van der Waals surface area contributed by atoms with Gasteiger partial charge in [0.1, 0.15) is 0 Å². The zero-order valence-electron chi connectivity index (χ0n) is 11.3. The molecule has 2 aliphatic rings. The van der Waals surface area contributed by atoms with Crippen molar-refractivity contribution in [2.75, 3.05) is 13.2 Å². The summed E-state index contributed by atoms with van der Waals surface area (Å²) in [6, 6.07) is -0.0421. The Bertz CT molecular complexity index is 366. The van der Waals surface area contributed by atoms with Crippen LogP contribution in [0.2, 0.25) is 0 Å². The van der Waals surface area contributed by atoms with Gasteiger partial charge in [0.15, 0.2) is 0 Å². The molecule has 0 aromatic heterocycles. The lowest BCUT2D eigenvalue weighted by molar-refractivity contribution is 0.0892. The zero-order valence-corrected chi connectivity index (χ0v) is 12.1. The number of hydrogen-bond acceptors (Lipinski definition) is 3. The van der Waals surface area contributed by atoms with Gasteiger partial charge in [-0.1, -0.05) is 6.42 Å². The number of nitrogens with zero attached hydrogens (tertiary/aromatic N) is 1. The summed E-state index contributed by atoms with van der Waals surface area (Å²) in [5.41, 5.74) is 0. The first-order valence-electron chi connectivity index (χ1n) is 6.91. The Morgan fingerprint density at radius 2 is 2.06 bits per heavy atom. The van der Waals surface area contributed by atoms with Crippen molar-refractivity contribution in [3.8, 4) is 0 Å². The van der Waals surface area contributed by atoms with Crippen molar-refractivity contribution >= 4 is 10.2 Å². The van der Waals surface area contributed by atoms with Crippen LogP contribution in [0.1, 0.15) is 46.0 Å². The summed E-state index contributed by atoms with van der Waals surface area (Å²) < 4.78 is 34.5. The zero-order chi connectivity index (χ0) is 13.2. The molecule has 2 rings (SSSR count). The van der Waals surface area contributed by atoms with Gasteiger partial charge in [-0.3, -0.25) is 0 Å². The van der Waals surface area contributed by atoms with E-state index >= 15 is 0 Å². The third-order valence-corrected chi connectivity index (χ3v) is 5.74. The molecule has 0 aliphatic carbocycles. The average Bonchev–Trinajstić information content (AvgIpc) is 2.82. The number of hydrogen-bond donors (Lipinski definition) is 1. The highest BCUT2D eigenvalue weighted by molar-refractivity contribution is 7.87. The van der Waals surface area contributed by atoms with Crippen LogP contribution in [0.15, 0.2) is 0 Å². The molecule has 6 heteroatoms. The Kier molecular flexibility index (Phi) is 4.64. The van der Waals surface area contributed by atoms with E-state index in [1.54, 1.807) is 4.31 Å². The highest BCUT2D eigenvalue weighted by atomic mass is 32.2. The first-order chi connectivity index (χ1) is 8.50. The van der Waals surface area contributed by atoms with Gasteiger partial charge in [0.05, 0.1) is 6.10 Å². The lowest BCUT2D eigenvalue weighted by Crippen LogP contribution is -2.52. The van der Waals surface area contributed by atoms with Crippen LogP contribution in [0, 0.1) is 0 Å². The molecule has 0 bridgehead atoms. The molecule has 0 spiro atoms. The van der Waals surface area contributed by atoms with E-state index in [1.807, 2.05) is 13.8 Å². The summed E-state index contributed by atoms with van der Waals surface area (Å²) >= 11 is 0. The van der Waals surface area contributed by atoms with E-state index in [1.165, 1.54) is 0 Å². The fourth-order valence-electron chi connectivity index (χ4n) is 2.80. The molecule has 3 atom stereocenters. The van der Waals surface area contributed by atoms with Crippen LogP contribution in [0.3, 0.4) is 0 Å². The molecule has 5 nitrogen and oxygen atoms in total. The summed E-state index contributed by atoms with van der Waals surface area (Å²) in [7, 11) is -3.37. The summed E-state index contributed by atoms with van der Waals surface area (Å²) in [5, 5.41) is 0. The van der Waals surface area contributed by atoms with Crippen LogP contribution in [0.4, 0.5) is 0 Å². The van der Waals surface area contributed by atoms with Crippen LogP contribution in [0.25, 0.3) is 0 Å². The number of nitrogens with one attached hydrogen (secondary N) is 1. The summed E-state index contributed by atoms with van der Waals surface area (Å²) in [5.74, 6) is 0. The van der Waals surface area contributed by atoms with Gasteiger partial charge in [-0.25, -0.2) is 0 Å². The van der Waals surface area contributed by atoms with E-state index in [-0.39, 0.29) is 18.2 Å². The SMILES string of the molecule is C[C@H](NS(=O)(=O)N1CCCC[C@H]1C)[C@@H]1CCCO1. The minimum atomic E-state index is -3.37. The average molecular weight is 276 g/mol. The van der Waals surface area contributed by atoms with Gasteiger partial charge in [0, 0.05) is 25.2 Å². The number of piperidine rings is 1. The monoisotopic (exact) mass is 276 g/mol. The Balaban J connectivity index is 1.97. The smallest absolute Gasteiger partial charge is 0.280 e. The molecule has 2 aliphatic heterocycles. The van der Waals surface area contributed by atoms with Gasteiger partial charge in [-0.2, -0.15) is 17.4 Å². The van der Waals surface area contributed by atoms with Crippen molar-refractivity contribution in [2.24, 2.45) is 0 Å². The molecule has 0 saturated carbocycles. The first kappa shape index (κ1) is 14.2. The molecular formula is C12H24N2O3S. The summed E-state index contributed by atoms with van der Waals surface area (Å²) in [4.78, 5) is 0. The van der Waals surface area contributed by atoms with Crippen LogP contribution < -0.4 is 4.72 Å². The predicted molar refractivity (Wildman–Crippen MR) is 70.5 cm³/mol. The third-order valence-electron chi connectivity index (χ3n) is 3.91. The van der Waals surface area contributed by atoms with E-state index in [2.05, 4.69) is 4.72 Å². The first-order valence-corrected chi connectivity index (χ1v) is 8.35. The fraction of sp³-hybridized carbons (Fsp3) is 1.00. The maximum atomic E-state index is 12.3. The van der Waals surface area contributed by atoms with E-state index in [4.69, 9.17) is 4.74 Å². The lowest BCUT2D eigenvalue weighted by Gasteiger charge is -2.33. The van der Waals surface area contributed by atoms with Crippen molar-refractivity contribution in [3.63, 3.8) is 0 Å². The van der Waals surface area contributed by atoms with Crippen molar-refractivity contribution < 1.29 is 13.2 Å². The van der Waals surface area contributed by atoms with Gasteiger partial charge < -0.3 is 4.74 Å². The quantitative estimate of drug-likeness (QED) is 0.841. The van der Waals surface area contributed by atoms with Crippen LogP contribution in [-0.4, -0.2) is 44.1 Å². The number of rotatable bonds is 4. The molecule has 0 aromatic rings. The minimum absolute atomic E-state index is 0.0277. The molecule has 2 saturated heterocycles. The highest BCUT2D eigenvalue weighted by Crippen LogP contribution is 2.21. The van der Waals surface area contributed by atoms with E-state index in [0.29, 0.717) is 6.54 Å². The van der Waals surface area contributed by atoms with Gasteiger partial charge in [-0.15, -0.1) is 0 Å². The molecule has 0 unspecified atom stereocenters. The Morgan fingerprint density at radius 1 is 1.28 bits per heavy atom. The van der Waals surface area contributed by atoms with E-state index in [9.17, 15) is 8.42 Å². The van der Waals surface area contributed by atoms with E-state index < -0.39 is 10.2 Å². The second-order valence-electron chi connectivity index (χ2n) is 5.42. The normalized spacial score (nSPS) is 32.6. The fourth-order valence-corrected chi connectivity index (χ4v) is 4.51. The maximum Gasteiger partial charge on any atom is 0.280 e. The Morgan fingerprint density at radius 3 is 2.67 bits per heavy atom. The second-order valence-corrected chi connectivity index (χ2v) is 7.07. The van der Waals surface area contributed by atoms with Gasteiger partial charge in [0.2, 0.25) is 0 Å². The molecular weight excluding hydrogens is 252 g/mol. The predicted octanol–water partition coefficient (Wildman–Crippen LogP) is 1.26. The molecule has 0 amide bonds. The highest BCUT2D eigenvalue weighted by Gasteiger charge is 2.33. The second kappa shape index (κ2) is 5.86. The van der Waals surface area contributed by atoms with Crippen LogP contribution >= 0.6 is 0 Å². The van der Waals surface area contributed by atoms with Crippen LogP contribution in [-0.2, 0) is 14.9 Å². The molecule has 18 heavy (non-hydrogen) atoms. The molecule has 1 N–H and O–H groups in total. The van der Waals surface area contributed by atoms with Crippen molar-refractivity contribution in [3.05, 3.63) is 0 Å². The topological polar surface area (TPSA) is 58.6 Å². The third kappa shape index (κ3) is 3.23. The molecule has 0 aromatic carbocycles. The molecule has 2 heterocycles. The van der Waals surface area contributed by atoms with Crippen molar-refractivity contribution in [1.29, 1.82) is 0 Å². The van der Waals surface area contributed by atoms with Gasteiger partial charge >= 0.3 is 0 Å². The van der Waals surface area contributed by atoms with Gasteiger partial charge in [0.25, 0.3) is 10.2 Å². The molecule has 2 fully saturated rings. The van der Waals surface area contributed by atoms with Gasteiger partial charge in [-0.05, 0) is 39.5 Å². The Labute approximate surface area is 110 Å². The number of ether oxygens (including phenoxy) is 1. The maximum absolute atomic E-state index is 12.3. The van der Waals surface area contributed by atoms with Crippen molar-refractivity contribution in [2.45, 2.75) is 64.1 Å². The minimum Gasteiger partial charge on any atom is -0.377 e. The largest absolute Gasteiger partial charge is 0.377 e. The Hall–Kier alpha value is -0.170. The van der Waals surface area contributed by atoms with Crippen LogP contribution in [0.5, 0.6) is 0 Å². The summed E-state index contributed by atoms with van der Waals surface area (Å²) in [6.07, 6.45) is 5.03. The van der Waals surface area contributed by atoms with Crippen molar-refractivity contribution in [1.82, 2.24) is 9.03 Å².